The second-order valence-electron chi connectivity index (χ2n) is 8.20. The summed E-state index contributed by atoms with van der Waals surface area (Å²) in [6.45, 7) is 1.93. The van der Waals surface area contributed by atoms with E-state index in [-0.39, 0.29) is 11.8 Å². The first kappa shape index (κ1) is 22.0. The number of rotatable bonds is 6. The van der Waals surface area contributed by atoms with E-state index < -0.39 is 0 Å². The van der Waals surface area contributed by atoms with Crippen LogP contribution in [-0.2, 0) is 0 Å². The minimum absolute atomic E-state index is 0.0217. The quantitative estimate of drug-likeness (QED) is 0.689. The third-order valence-electron chi connectivity index (χ3n) is 6.20. The van der Waals surface area contributed by atoms with Crippen molar-refractivity contribution >= 4 is 11.8 Å². The summed E-state index contributed by atoms with van der Waals surface area (Å²) in [7, 11) is 3.11. The van der Waals surface area contributed by atoms with Crippen molar-refractivity contribution in [1.29, 1.82) is 0 Å². The second-order valence-corrected chi connectivity index (χ2v) is 8.20. The molecule has 2 amide bonds. The Morgan fingerprint density at radius 1 is 0.781 bits per heavy atom. The molecule has 2 aliphatic rings. The Labute approximate surface area is 188 Å². The Morgan fingerprint density at radius 3 is 1.97 bits per heavy atom. The summed E-state index contributed by atoms with van der Waals surface area (Å²) >= 11 is 0. The molecule has 2 fully saturated rings. The lowest BCUT2D eigenvalue weighted by Crippen LogP contribution is -2.50. The van der Waals surface area contributed by atoms with Gasteiger partial charge in [-0.15, -0.1) is 0 Å². The molecule has 0 N–H and O–H groups in total. The molecule has 4 rings (SSSR count). The minimum Gasteiger partial charge on any atom is -0.497 e. The average Bonchev–Trinajstić information content (AvgIpc) is 3.36. The first-order valence-electron chi connectivity index (χ1n) is 11.2. The molecule has 1 heterocycles. The number of ether oxygens (including phenoxy) is 3. The van der Waals surface area contributed by atoms with Gasteiger partial charge >= 0.3 is 0 Å². The van der Waals surface area contributed by atoms with Crippen LogP contribution in [0, 0.1) is 0 Å². The molecule has 2 aromatic rings. The second kappa shape index (κ2) is 9.94. The van der Waals surface area contributed by atoms with Crippen molar-refractivity contribution in [3.05, 3.63) is 53.6 Å². The molecule has 0 unspecified atom stereocenters. The van der Waals surface area contributed by atoms with Crippen molar-refractivity contribution in [3.63, 3.8) is 0 Å². The van der Waals surface area contributed by atoms with Crippen LogP contribution in [0.1, 0.15) is 46.4 Å². The van der Waals surface area contributed by atoms with Crippen molar-refractivity contribution in [2.75, 3.05) is 40.4 Å². The van der Waals surface area contributed by atoms with E-state index in [2.05, 4.69) is 0 Å². The van der Waals surface area contributed by atoms with Gasteiger partial charge in [-0.1, -0.05) is 0 Å². The van der Waals surface area contributed by atoms with Gasteiger partial charge in [0.1, 0.15) is 17.2 Å². The van der Waals surface area contributed by atoms with E-state index >= 15 is 0 Å². The molecular weight excluding hydrogens is 408 g/mol. The molecule has 7 nitrogen and oxygen atoms in total. The molecule has 0 bridgehead atoms. The zero-order valence-electron chi connectivity index (χ0n) is 18.7. The number of amides is 2. The molecule has 7 heteroatoms. The lowest BCUT2D eigenvalue weighted by molar-refractivity contribution is 0.0533. The van der Waals surface area contributed by atoms with Crippen molar-refractivity contribution in [2.24, 2.45) is 0 Å². The van der Waals surface area contributed by atoms with Crippen LogP contribution in [0.5, 0.6) is 17.2 Å². The smallest absolute Gasteiger partial charge is 0.257 e. The van der Waals surface area contributed by atoms with Crippen LogP contribution in [0.3, 0.4) is 0 Å². The zero-order valence-corrected chi connectivity index (χ0v) is 18.7. The van der Waals surface area contributed by atoms with Gasteiger partial charge in [0.25, 0.3) is 11.8 Å². The highest BCUT2D eigenvalue weighted by Crippen LogP contribution is 2.27. The van der Waals surface area contributed by atoms with E-state index in [9.17, 15) is 9.59 Å². The molecule has 1 saturated carbocycles. The molecule has 0 spiro atoms. The predicted octanol–water partition coefficient (Wildman–Crippen LogP) is 3.62. The fourth-order valence-electron chi connectivity index (χ4n) is 4.32. The maximum Gasteiger partial charge on any atom is 0.257 e. The summed E-state index contributed by atoms with van der Waals surface area (Å²) in [6.07, 6.45) is 4.95. The van der Waals surface area contributed by atoms with Crippen LogP contribution in [0.15, 0.2) is 42.5 Å². The van der Waals surface area contributed by atoms with Crippen molar-refractivity contribution in [3.8, 4) is 17.2 Å². The standard InChI is InChI=1S/C25H30N2O5/c1-30-21-11-12-22(23(17-21)31-2)25(29)27-15-13-26(14-16-27)24(28)18-7-9-20(10-8-18)32-19-5-3-4-6-19/h7-12,17,19H,3-6,13-16H2,1-2H3. The van der Waals surface area contributed by atoms with Crippen LogP contribution in [0.2, 0.25) is 0 Å². The molecule has 0 aromatic heterocycles. The summed E-state index contributed by atoms with van der Waals surface area (Å²) in [4.78, 5) is 29.5. The van der Waals surface area contributed by atoms with Gasteiger partial charge in [0.05, 0.1) is 25.9 Å². The molecule has 170 valence electrons. The highest BCUT2D eigenvalue weighted by molar-refractivity contribution is 5.98. The minimum atomic E-state index is -0.106. The topological polar surface area (TPSA) is 68.3 Å². The van der Waals surface area contributed by atoms with Crippen LogP contribution in [0.4, 0.5) is 0 Å². The van der Waals surface area contributed by atoms with Crippen LogP contribution in [-0.4, -0.2) is 68.1 Å². The number of hydrogen-bond donors (Lipinski definition) is 0. The molecule has 2 aromatic carbocycles. The Balaban J connectivity index is 1.34. The first-order chi connectivity index (χ1) is 15.6. The van der Waals surface area contributed by atoms with Gasteiger partial charge in [0, 0.05) is 37.8 Å². The number of piperazine rings is 1. The van der Waals surface area contributed by atoms with E-state index in [1.54, 1.807) is 35.1 Å². The van der Waals surface area contributed by atoms with Crippen LogP contribution in [0.25, 0.3) is 0 Å². The number of carbonyl (C=O) groups is 2. The highest BCUT2D eigenvalue weighted by atomic mass is 16.5. The summed E-state index contributed by atoms with van der Waals surface area (Å²) in [6, 6.07) is 12.6. The Kier molecular flexibility index (Phi) is 6.83. The Hall–Kier alpha value is -3.22. The zero-order chi connectivity index (χ0) is 22.5. The summed E-state index contributed by atoms with van der Waals surface area (Å²) in [5, 5.41) is 0. The van der Waals surface area contributed by atoms with Gasteiger partial charge in [-0.3, -0.25) is 9.59 Å². The summed E-state index contributed by atoms with van der Waals surface area (Å²) < 4.78 is 16.6. The third kappa shape index (κ3) is 4.82. The van der Waals surface area contributed by atoms with Crippen molar-refractivity contribution in [2.45, 2.75) is 31.8 Å². The fraction of sp³-hybridized carbons (Fsp3) is 0.440. The maximum absolute atomic E-state index is 13.0. The van der Waals surface area contributed by atoms with Crippen LogP contribution < -0.4 is 14.2 Å². The molecular formula is C25H30N2O5. The largest absolute Gasteiger partial charge is 0.497 e. The van der Waals surface area contributed by atoms with Crippen molar-refractivity contribution < 1.29 is 23.8 Å². The van der Waals surface area contributed by atoms with Crippen molar-refractivity contribution in [1.82, 2.24) is 9.80 Å². The van der Waals surface area contributed by atoms with E-state index in [1.165, 1.54) is 20.0 Å². The normalized spacial score (nSPS) is 16.7. The fourth-order valence-corrected chi connectivity index (χ4v) is 4.32. The van der Waals surface area contributed by atoms with Gasteiger partial charge in [-0.25, -0.2) is 0 Å². The molecule has 0 radical (unpaired) electrons. The number of carbonyl (C=O) groups excluding carboxylic acids is 2. The Morgan fingerprint density at radius 2 is 1.38 bits per heavy atom. The maximum atomic E-state index is 13.0. The predicted molar refractivity (Wildman–Crippen MR) is 121 cm³/mol. The molecule has 1 aliphatic heterocycles. The van der Waals surface area contributed by atoms with Gasteiger partial charge < -0.3 is 24.0 Å². The van der Waals surface area contributed by atoms with Crippen LogP contribution >= 0.6 is 0 Å². The average molecular weight is 439 g/mol. The lowest BCUT2D eigenvalue weighted by atomic mass is 10.1. The summed E-state index contributed by atoms with van der Waals surface area (Å²) in [5.74, 6) is 1.80. The highest BCUT2D eigenvalue weighted by Gasteiger charge is 2.27. The summed E-state index contributed by atoms with van der Waals surface area (Å²) in [5.41, 5.74) is 1.13. The lowest BCUT2D eigenvalue weighted by Gasteiger charge is -2.35. The third-order valence-corrected chi connectivity index (χ3v) is 6.20. The van der Waals surface area contributed by atoms with E-state index in [0.29, 0.717) is 54.9 Å². The molecule has 1 saturated heterocycles. The SMILES string of the molecule is COc1ccc(C(=O)N2CCN(C(=O)c3ccc(OC4CCCC4)cc3)CC2)c(OC)c1. The number of nitrogens with zero attached hydrogens (tertiary/aromatic N) is 2. The number of hydrogen-bond acceptors (Lipinski definition) is 5. The monoisotopic (exact) mass is 438 g/mol. The number of methoxy groups -OCH3 is 2. The van der Waals surface area contributed by atoms with E-state index in [0.717, 1.165) is 18.6 Å². The molecule has 1 aliphatic carbocycles. The molecule has 0 atom stereocenters. The first-order valence-corrected chi connectivity index (χ1v) is 11.2. The van der Waals surface area contributed by atoms with Gasteiger partial charge in [0.15, 0.2) is 0 Å². The van der Waals surface area contributed by atoms with E-state index in [4.69, 9.17) is 14.2 Å². The Bertz CT molecular complexity index is 945. The van der Waals surface area contributed by atoms with Gasteiger partial charge in [0.2, 0.25) is 0 Å². The van der Waals surface area contributed by atoms with Gasteiger partial charge in [-0.05, 0) is 62.1 Å². The van der Waals surface area contributed by atoms with E-state index in [1.807, 2.05) is 24.3 Å². The van der Waals surface area contributed by atoms with Gasteiger partial charge in [-0.2, -0.15) is 0 Å². The molecule has 32 heavy (non-hydrogen) atoms. The number of benzene rings is 2.